The number of aryl methyl sites for hydroxylation is 1. The number of hydrogen-bond donors (Lipinski definition) is 2. The van der Waals surface area contributed by atoms with Crippen molar-refractivity contribution in [2.75, 3.05) is 0 Å². The summed E-state index contributed by atoms with van der Waals surface area (Å²) in [5.74, 6) is 4.33. The molecular weight excluding hydrogens is 248 g/mol. The average Bonchev–Trinajstić information content (AvgIpc) is 2.38. The third-order valence-electron chi connectivity index (χ3n) is 2.93. The molecule has 0 aliphatic heterocycles. The Labute approximate surface area is 110 Å². The second kappa shape index (κ2) is 5.86. The van der Waals surface area contributed by atoms with Crippen molar-refractivity contribution in [3.8, 4) is 0 Å². The fourth-order valence-electron chi connectivity index (χ4n) is 1.91. The van der Waals surface area contributed by atoms with E-state index >= 15 is 0 Å². The molecule has 1 aromatic heterocycles. The zero-order chi connectivity index (χ0) is 13.8. The van der Waals surface area contributed by atoms with Gasteiger partial charge < -0.3 is 0 Å². The van der Waals surface area contributed by atoms with Gasteiger partial charge in [-0.2, -0.15) is 0 Å². The standard InChI is InChI=1S/C14H15F2N3/c1-9-4-5-18-13(6-9)14(19-17)7-10-2-3-11(15)8-12(10)16/h2-6,8,14,19H,7,17H2,1H3. The molecule has 0 aliphatic rings. The highest BCUT2D eigenvalue weighted by atomic mass is 19.1. The lowest BCUT2D eigenvalue weighted by molar-refractivity contribution is 0.513. The molecule has 1 atom stereocenters. The van der Waals surface area contributed by atoms with Gasteiger partial charge in [0.2, 0.25) is 0 Å². The van der Waals surface area contributed by atoms with E-state index in [0.29, 0.717) is 12.0 Å². The average molecular weight is 263 g/mol. The van der Waals surface area contributed by atoms with Crippen LogP contribution >= 0.6 is 0 Å². The molecular formula is C14H15F2N3. The monoisotopic (exact) mass is 263 g/mol. The Morgan fingerprint density at radius 3 is 2.68 bits per heavy atom. The molecule has 100 valence electrons. The van der Waals surface area contributed by atoms with Gasteiger partial charge in [0.1, 0.15) is 11.6 Å². The minimum Gasteiger partial charge on any atom is -0.271 e. The number of hydrogen-bond acceptors (Lipinski definition) is 3. The fourth-order valence-corrected chi connectivity index (χ4v) is 1.91. The molecule has 0 amide bonds. The zero-order valence-electron chi connectivity index (χ0n) is 10.5. The third kappa shape index (κ3) is 3.33. The van der Waals surface area contributed by atoms with Crippen molar-refractivity contribution in [1.29, 1.82) is 0 Å². The van der Waals surface area contributed by atoms with Crippen LogP contribution in [0.4, 0.5) is 8.78 Å². The normalized spacial score (nSPS) is 12.4. The van der Waals surface area contributed by atoms with Crippen LogP contribution < -0.4 is 11.3 Å². The highest BCUT2D eigenvalue weighted by Crippen LogP contribution is 2.19. The van der Waals surface area contributed by atoms with E-state index in [2.05, 4.69) is 10.4 Å². The summed E-state index contributed by atoms with van der Waals surface area (Å²) in [6.45, 7) is 1.94. The first-order chi connectivity index (χ1) is 9.10. The Morgan fingerprint density at radius 1 is 1.26 bits per heavy atom. The van der Waals surface area contributed by atoms with Crippen LogP contribution in [0, 0.1) is 18.6 Å². The molecule has 0 bridgehead atoms. The molecule has 2 aromatic rings. The number of nitrogens with two attached hydrogens (primary N) is 1. The molecule has 1 aromatic carbocycles. The van der Waals surface area contributed by atoms with Crippen LogP contribution in [0.2, 0.25) is 0 Å². The van der Waals surface area contributed by atoms with Gasteiger partial charge in [-0.3, -0.25) is 16.3 Å². The van der Waals surface area contributed by atoms with Gasteiger partial charge in [0.25, 0.3) is 0 Å². The van der Waals surface area contributed by atoms with E-state index in [-0.39, 0.29) is 6.04 Å². The first kappa shape index (κ1) is 13.6. The van der Waals surface area contributed by atoms with Crippen molar-refractivity contribution >= 4 is 0 Å². The van der Waals surface area contributed by atoms with E-state index in [9.17, 15) is 8.78 Å². The van der Waals surface area contributed by atoms with Gasteiger partial charge in [-0.15, -0.1) is 0 Å². The summed E-state index contributed by atoms with van der Waals surface area (Å²) in [6.07, 6.45) is 1.98. The highest BCUT2D eigenvalue weighted by molar-refractivity contribution is 5.23. The lowest BCUT2D eigenvalue weighted by Gasteiger charge is -2.16. The molecule has 5 heteroatoms. The maximum absolute atomic E-state index is 13.6. The molecule has 0 spiro atoms. The van der Waals surface area contributed by atoms with Crippen LogP contribution in [-0.2, 0) is 6.42 Å². The lowest BCUT2D eigenvalue weighted by atomic mass is 10.0. The number of halogens is 2. The molecule has 0 saturated carbocycles. The summed E-state index contributed by atoms with van der Waals surface area (Å²) < 4.78 is 26.5. The Bertz CT molecular complexity index is 572. The molecule has 1 unspecified atom stereocenters. The largest absolute Gasteiger partial charge is 0.271 e. The molecule has 0 aliphatic carbocycles. The first-order valence-electron chi connectivity index (χ1n) is 5.92. The Kier molecular flexibility index (Phi) is 4.19. The summed E-state index contributed by atoms with van der Waals surface area (Å²) >= 11 is 0. The maximum atomic E-state index is 13.6. The maximum Gasteiger partial charge on any atom is 0.129 e. The Hall–Kier alpha value is -1.85. The second-order valence-corrected chi connectivity index (χ2v) is 4.42. The van der Waals surface area contributed by atoms with Crippen LogP contribution in [0.25, 0.3) is 0 Å². The van der Waals surface area contributed by atoms with E-state index in [1.54, 1.807) is 6.20 Å². The molecule has 0 radical (unpaired) electrons. The minimum atomic E-state index is -0.591. The summed E-state index contributed by atoms with van der Waals surface area (Å²) in [5, 5.41) is 0. The summed E-state index contributed by atoms with van der Waals surface area (Å²) in [5.41, 5.74) is 4.78. The molecule has 0 saturated heterocycles. The molecule has 1 heterocycles. The number of aromatic nitrogens is 1. The SMILES string of the molecule is Cc1ccnc(C(Cc2ccc(F)cc2F)NN)c1. The number of hydrazine groups is 1. The Balaban J connectivity index is 2.24. The van der Waals surface area contributed by atoms with E-state index in [1.807, 2.05) is 19.1 Å². The molecule has 3 nitrogen and oxygen atoms in total. The van der Waals surface area contributed by atoms with Gasteiger partial charge in [0, 0.05) is 12.3 Å². The highest BCUT2D eigenvalue weighted by Gasteiger charge is 2.15. The van der Waals surface area contributed by atoms with Crippen LogP contribution in [0.3, 0.4) is 0 Å². The summed E-state index contributed by atoms with van der Waals surface area (Å²) in [7, 11) is 0. The fraction of sp³-hybridized carbons (Fsp3) is 0.214. The van der Waals surface area contributed by atoms with Crippen molar-refractivity contribution in [2.24, 2.45) is 5.84 Å². The Morgan fingerprint density at radius 2 is 2.05 bits per heavy atom. The number of benzene rings is 1. The van der Waals surface area contributed by atoms with Gasteiger partial charge in [0.15, 0.2) is 0 Å². The molecule has 3 N–H and O–H groups in total. The second-order valence-electron chi connectivity index (χ2n) is 4.42. The van der Waals surface area contributed by atoms with Gasteiger partial charge >= 0.3 is 0 Å². The lowest BCUT2D eigenvalue weighted by Crippen LogP contribution is -2.30. The van der Waals surface area contributed by atoms with Crippen LogP contribution in [-0.4, -0.2) is 4.98 Å². The van der Waals surface area contributed by atoms with Crippen molar-refractivity contribution in [3.63, 3.8) is 0 Å². The number of rotatable bonds is 4. The summed E-state index contributed by atoms with van der Waals surface area (Å²) in [4.78, 5) is 4.22. The third-order valence-corrected chi connectivity index (χ3v) is 2.93. The number of nitrogens with one attached hydrogen (secondary N) is 1. The molecule has 0 fully saturated rings. The van der Waals surface area contributed by atoms with E-state index < -0.39 is 11.6 Å². The van der Waals surface area contributed by atoms with Crippen LogP contribution in [0.15, 0.2) is 36.5 Å². The molecule has 2 rings (SSSR count). The number of pyridine rings is 1. The van der Waals surface area contributed by atoms with Crippen molar-refractivity contribution in [3.05, 3.63) is 65.0 Å². The van der Waals surface area contributed by atoms with Gasteiger partial charge in [-0.1, -0.05) is 6.07 Å². The predicted molar refractivity (Wildman–Crippen MR) is 69.1 cm³/mol. The van der Waals surface area contributed by atoms with Crippen molar-refractivity contribution < 1.29 is 8.78 Å². The number of nitrogens with zero attached hydrogens (tertiary/aromatic N) is 1. The van der Waals surface area contributed by atoms with E-state index in [4.69, 9.17) is 5.84 Å². The van der Waals surface area contributed by atoms with Crippen molar-refractivity contribution in [1.82, 2.24) is 10.4 Å². The van der Waals surface area contributed by atoms with E-state index in [1.165, 1.54) is 12.1 Å². The van der Waals surface area contributed by atoms with Crippen LogP contribution in [0.5, 0.6) is 0 Å². The van der Waals surface area contributed by atoms with E-state index in [0.717, 1.165) is 17.3 Å². The van der Waals surface area contributed by atoms with Gasteiger partial charge in [-0.25, -0.2) is 8.78 Å². The van der Waals surface area contributed by atoms with Crippen LogP contribution in [0.1, 0.15) is 22.9 Å². The first-order valence-corrected chi connectivity index (χ1v) is 5.92. The van der Waals surface area contributed by atoms with Gasteiger partial charge in [0.05, 0.1) is 11.7 Å². The van der Waals surface area contributed by atoms with Gasteiger partial charge in [-0.05, 0) is 42.7 Å². The predicted octanol–water partition coefficient (Wildman–Crippen LogP) is 2.42. The van der Waals surface area contributed by atoms with Crippen molar-refractivity contribution in [2.45, 2.75) is 19.4 Å². The molecule has 19 heavy (non-hydrogen) atoms. The quantitative estimate of drug-likeness (QED) is 0.658. The topological polar surface area (TPSA) is 50.9 Å². The zero-order valence-corrected chi connectivity index (χ0v) is 10.5. The minimum absolute atomic E-state index is 0.305. The summed E-state index contributed by atoms with van der Waals surface area (Å²) in [6, 6.07) is 6.95. The smallest absolute Gasteiger partial charge is 0.129 e.